The Balaban J connectivity index is 0.000000303. The van der Waals surface area contributed by atoms with Crippen molar-refractivity contribution in [2.24, 2.45) is 0 Å². The Bertz CT molecular complexity index is 1380. The van der Waals surface area contributed by atoms with Crippen LogP contribution in [0.5, 0.6) is 11.5 Å². The molecule has 6 heteroatoms. The van der Waals surface area contributed by atoms with Crippen molar-refractivity contribution in [3.8, 4) is 11.5 Å². The summed E-state index contributed by atoms with van der Waals surface area (Å²) in [5, 5.41) is 26.1. The molecule has 206 valence electrons. The molecular weight excluding hydrogens is 579 g/mol. The Morgan fingerprint density at radius 2 is 0.974 bits per heavy atom. The van der Waals surface area contributed by atoms with E-state index in [1.807, 2.05) is 68.5 Å². The summed E-state index contributed by atoms with van der Waals surface area (Å²) in [6.45, 7) is 13.0. The van der Waals surface area contributed by atoms with Crippen molar-refractivity contribution in [2.75, 3.05) is 0 Å². The van der Waals surface area contributed by atoms with Gasteiger partial charge in [-0.3, -0.25) is 0 Å². The number of halogens is 2. The Hall–Kier alpha value is -2.14. The maximum absolute atomic E-state index is 9.92. The van der Waals surface area contributed by atoms with E-state index in [1.165, 1.54) is 16.0 Å². The molecule has 0 radical (unpaired) electrons. The summed E-state index contributed by atoms with van der Waals surface area (Å²) in [4.78, 5) is 1.35. The Morgan fingerprint density at radius 1 is 0.590 bits per heavy atom. The van der Waals surface area contributed by atoms with Crippen molar-refractivity contribution in [3.63, 3.8) is 0 Å². The second kappa shape index (κ2) is 15.0. The predicted octanol–water partition coefficient (Wildman–Crippen LogP) is 9.97. The summed E-state index contributed by atoms with van der Waals surface area (Å²) in [5.74, 6) is 0.746. The summed E-state index contributed by atoms with van der Waals surface area (Å²) in [7, 11) is 0. The van der Waals surface area contributed by atoms with Crippen LogP contribution in [0.15, 0.2) is 90.3 Å². The van der Waals surface area contributed by atoms with Crippen molar-refractivity contribution in [1.82, 2.24) is 0 Å². The molecule has 5 rings (SSSR count). The molecule has 5 aromatic rings. The molecule has 0 amide bonds. The van der Waals surface area contributed by atoms with E-state index in [0.29, 0.717) is 11.5 Å². The zero-order valence-corrected chi connectivity index (χ0v) is 27.4. The second-order valence-electron chi connectivity index (χ2n) is 11.0. The van der Waals surface area contributed by atoms with Crippen LogP contribution in [0.1, 0.15) is 57.5 Å². The number of thiophene rings is 1. The molecule has 4 aromatic carbocycles. The quantitative estimate of drug-likeness (QED) is 0.184. The van der Waals surface area contributed by atoms with E-state index in [-0.39, 0.29) is 35.6 Å². The van der Waals surface area contributed by atoms with Gasteiger partial charge >= 0.3 is 58.0 Å². The van der Waals surface area contributed by atoms with E-state index in [1.54, 1.807) is 23.5 Å². The third kappa shape index (κ3) is 9.20. The minimum absolute atomic E-state index is 0. The number of phenolic OH excluding ortho intramolecular Hbond substituents is 2. The number of hydrogen-bond acceptors (Lipinski definition) is 3. The normalized spacial score (nSPS) is 10.7. The number of hydrogen-bond donors (Lipinski definition) is 2. The Labute approximate surface area is 260 Å². The van der Waals surface area contributed by atoms with Crippen molar-refractivity contribution in [3.05, 3.63) is 106 Å². The molecule has 2 nitrogen and oxygen atoms in total. The molecular formula is C33H38Cl2O2STi. The van der Waals surface area contributed by atoms with E-state index in [0.717, 1.165) is 21.5 Å². The van der Waals surface area contributed by atoms with Crippen LogP contribution in [0.4, 0.5) is 0 Å². The topological polar surface area (TPSA) is 40.5 Å². The van der Waals surface area contributed by atoms with Crippen LogP contribution in [0, 0.1) is 0 Å². The third-order valence-corrected chi connectivity index (χ3v) is 7.70. The van der Waals surface area contributed by atoms with Crippen molar-refractivity contribution >= 4 is 62.0 Å². The molecule has 0 aliphatic rings. The van der Waals surface area contributed by atoms with Gasteiger partial charge in [0.1, 0.15) is 11.5 Å². The van der Waals surface area contributed by atoms with E-state index >= 15 is 0 Å². The second-order valence-corrected chi connectivity index (χ2v) is 12.5. The van der Waals surface area contributed by atoms with Crippen LogP contribution in [0.2, 0.25) is 0 Å². The van der Waals surface area contributed by atoms with E-state index in [9.17, 15) is 10.2 Å². The average molecular weight is 618 g/mol. The molecule has 0 saturated heterocycles. The van der Waals surface area contributed by atoms with Gasteiger partial charge in [0.15, 0.2) is 0 Å². The SMILES string of the molecule is CC(C)(C)c1cccc2cccc(O)c12.CC(C)(C)c1cccc2cccc(O)c12.Cl.Cl.[Ti]=[CH]c1cccs1. The minimum atomic E-state index is 0. The molecule has 0 fully saturated rings. The standard InChI is InChI=1S/2C14H16O.C5H4S.2ClH.Ti/c2*1-14(2,3)11-8-4-6-10-7-5-9-12(15)13(10)11;1-5-3-2-4-6-5;;;/h2*4-9,15H,1-3H3;1-4H;2*1H;. The summed E-state index contributed by atoms with van der Waals surface area (Å²) in [6, 6.07) is 27.8. The monoisotopic (exact) mass is 616 g/mol. The van der Waals surface area contributed by atoms with Crippen LogP contribution in [0.3, 0.4) is 0 Å². The fourth-order valence-corrected chi connectivity index (χ4v) is 5.27. The zero-order valence-electron chi connectivity index (χ0n) is 23.4. The molecule has 0 saturated carbocycles. The maximum atomic E-state index is 9.92. The van der Waals surface area contributed by atoms with Gasteiger partial charge in [-0.15, -0.1) is 24.8 Å². The molecule has 0 aliphatic carbocycles. The first-order valence-electron chi connectivity index (χ1n) is 12.4. The molecule has 1 heterocycles. The first kappa shape index (κ1) is 34.9. The molecule has 0 unspecified atom stereocenters. The van der Waals surface area contributed by atoms with Crippen LogP contribution >= 0.6 is 36.2 Å². The molecule has 2 N–H and O–H groups in total. The van der Waals surface area contributed by atoms with E-state index < -0.39 is 0 Å². The van der Waals surface area contributed by atoms with Gasteiger partial charge in [-0.1, -0.05) is 102 Å². The summed E-state index contributed by atoms with van der Waals surface area (Å²) in [6.07, 6.45) is 0. The number of fused-ring (bicyclic) bond motifs is 2. The molecule has 1 aromatic heterocycles. The molecule has 0 spiro atoms. The van der Waals surface area contributed by atoms with Crippen molar-refractivity contribution in [2.45, 2.75) is 52.4 Å². The third-order valence-electron chi connectivity index (χ3n) is 6.07. The predicted molar refractivity (Wildman–Crippen MR) is 173 cm³/mol. The van der Waals surface area contributed by atoms with E-state index in [2.05, 4.69) is 75.5 Å². The molecule has 0 aliphatic heterocycles. The number of aromatic hydroxyl groups is 2. The fraction of sp³-hybridized carbons (Fsp3) is 0.242. The Kier molecular flexibility index (Phi) is 13.4. The fourth-order valence-electron chi connectivity index (χ4n) is 4.27. The van der Waals surface area contributed by atoms with Gasteiger partial charge in [-0.2, -0.15) is 0 Å². The van der Waals surface area contributed by atoms with Crippen molar-refractivity contribution in [1.29, 1.82) is 0 Å². The molecule has 39 heavy (non-hydrogen) atoms. The van der Waals surface area contributed by atoms with Crippen LogP contribution in [-0.2, 0) is 30.8 Å². The van der Waals surface area contributed by atoms with Gasteiger partial charge in [-0.25, -0.2) is 0 Å². The van der Waals surface area contributed by atoms with Crippen LogP contribution in [-0.4, -0.2) is 14.5 Å². The van der Waals surface area contributed by atoms with E-state index in [4.69, 9.17) is 0 Å². The van der Waals surface area contributed by atoms with Crippen LogP contribution < -0.4 is 0 Å². The van der Waals surface area contributed by atoms with Crippen molar-refractivity contribution < 1.29 is 30.2 Å². The average Bonchev–Trinajstić information content (AvgIpc) is 3.38. The summed E-state index contributed by atoms with van der Waals surface area (Å²) < 4.78 is 2.10. The number of rotatable bonds is 1. The first-order chi connectivity index (χ1) is 17.4. The van der Waals surface area contributed by atoms with Crippen LogP contribution in [0.25, 0.3) is 21.5 Å². The van der Waals surface area contributed by atoms with Gasteiger partial charge in [-0.05, 0) is 44.9 Å². The van der Waals surface area contributed by atoms with Gasteiger partial charge in [0.05, 0.1) is 0 Å². The summed E-state index contributed by atoms with van der Waals surface area (Å²) in [5.41, 5.74) is 2.49. The number of benzene rings is 4. The zero-order chi connectivity index (χ0) is 27.2. The first-order valence-corrected chi connectivity index (χ1v) is 14.2. The van der Waals surface area contributed by atoms with Gasteiger partial charge in [0.2, 0.25) is 0 Å². The van der Waals surface area contributed by atoms with Gasteiger partial charge in [0, 0.05) is 10.8 Å². The summed E-state index contributed by atoms with van der Waals surface area (Å²) >= 11 is 3.81. The molecule has 0 bridgehead atoms. The number of phenols is 2. The van der Waals surface area contributed by atoms with Gasteiger partial charge < -0.3 is 10.2 Å². The van der Waals surface area contributed by atoms with Gasteiger partial charge in [0.25, 0.3) is 0 Å². The Morgan fingerprint density at radius 3 is 1.26 bits per heavy atom. The molecule has 0 atom stereocenters.